The van der Waals surface area contributed by atoms with E-state index in [1.165, 1.54) is 62.9 Å². The summed E-state index contributed by atoms with van der Waals surface area (Å²) in [4.78, 5) is 25.4. The average molecular weight is 514 g/mol. The summed E-state index contributed by atoms with van der Waals surface area (Å²) >= 11 is 5.85. The number of amides is 1. The molecule has 0 aliphatic carbocycles. The van der Waals surface area contributed by atoms with Crippen LogP contribution in [0.25, 0.3) is 5.57 Å². The summed E-state index contributed by atoms with van der Waals surface area (Å²) in [5, 5.41) is 24.4. The maximum Gasteiger partial charge on any atom is 0.255 e. The Kier molecular flexibility index (Phi) is 8.14. The van der Waals surface area contributed by atoms with E-state index >= 15 is 0 Å². The largest absolute Gasteiger partial charge is 0.404 e. The van der Waals surface area contributed by atoms with Gasteiger partial charge in [-0.15, -0.1) is 0 Å². The van der Waals surface area contributed by atoms with Crippen molar-refractivity contribution in [3.63, 3.8) is 0 Å². The summed E-state index contributed by atoms with van der Waals surface area (Å²) < 4.78 is 28.9. The molecular weight excluding hydrogens is 492 g/mol. The summed E-state index contributed by atoms with van der Waals surface area (Å²) in [5.74, 6) is -1.37. The lowest BCUT2D eigenvalue weighted by Crippen LogP contribution is -2.42. The Bertz CT molecular complexity index is 1340. The van der Waals surface area contributed by atoms with Gasteiger partial charge in [-0.2, -0.15) is 5.26 Å². The first kappa shape index (κ1) is 26.5. The molecule has 1 unspecified atom stereocenters. The standard InChI is InChI=1S/C24H22ClF2N7O2/c1-24(2,36)20(26)12-33-23(35)16-11-30-18(15(8-29)22-31-9-14(25)10-32-22)6-19(16)34-17-5-3-4-13(7-28)21(17)27/h3-6,8-11,20,36H,12,29H2,1-2H3,(H,30,34)(H,33,35). The number of nitriles is 1. The maximum atomic E-state index is 14.8. The Hall–Kier alpha value is -4.14. The maximum absolute atomic E-state index is 14.8. The van der Waals surface area contributed by atoms with Crippen molar-refractivity contribution < 1.29 is 18.7 Å². The number of alkyl halides is 1. The van der Waals surface area contributed by atoms with Crippen LogP contribution in [0.4, 0.5) is 20.2 Å². The van der Waals surface area contributed by atoms with Crippen molar-refractivity contribution in [1.82, 2.24) is 20.3 Å². The van der Waals surface area contributed by atoms with Gasteiger partial charge >= 0.3 is 0 Å². The fraction of sp³-hybridized carbons (Fsp3) is 0.208. The average Bonchev–Trinajstić information content (AvgIpc) is 2.84. The first-order valence-corrected chi connectivity index (χ1v) is 10.9. The molecule has 36 heavy (non-hydrogen) atoms. The van der Waals surface area contributed by atoms with Crippen LogP contribution in [0, 0.1) is 17.1 Å². The van der Waals surface area contributed by atoms with Gasteiger partial charge in [-0.3, -0.25) is 9.78 Å². The zero-order valence-electron chi connectivity index (χ0n) is 19.3. The lowest BCUT2D eigenvalue weighted by molar-refractivity contribution is -0.00177. The first-order chi connectivity index (χ1) is 17.0. The Morgan fingerprint density at radius 2 is 1.97 bits per heavy atom. The SMILES string of the molecule is CC(C)(O)C(F)CNC(=O)c1cnc(C(=CN)c2ncc(Cl)cn2)cc1Nc1cccc(C#N)c1F. The number of carbonyl (C=O) groups is 1. The third-order valence-electron chi connectivity index (χ3n) is 5.05. The van der Waals surface area contributed by atoms with Crippen molar-refractivity contribution in [3.05, 3.63) is 82.5 Å². The molecule has 1 atom stereocenters. The third kappa shape index (κ3) is 6.10. The van der Waals surface area contributed by atoms with Crippen LogP contribution in [0.15, 0.2) is 49.1 Å². The molecule has 0 saturated carbocycles. The van der Waals surface area contributed by atoms with E-state index in [0.29, 0.717) is 10.6 Å². The third-order valence-corrected chi connectivity index (χ3v) is 5.24. The topological polar surface area (TPSA) is 150 Å². The zero-order chi connectivity index (χ0) is 26.5. The molecule has 3 aromatic rings. The van der Waals surface area contributed by atoms with Crippen molar-refractivity contribution in [2.24, 2.45) is 5.73 Å². The molecule has 0 aliphatic rings. The van der Waals surface area contributed by atoms with E-state index in [0.717, 1.165) is 0 Å². The van der Waals surface area contributed by atoms with E-state index in [9.17, 15) is 18.7 Å². The van der Waals surface area contributed by atoms with Crippen molar-refractivity contribution in [2.45, 2.75) is 25.6 Å². The Balaban J connectivity index is 2.04. The highest BCUT2D eigenvalue weighted by Crippen LogP contribution is 2.28. The molecule has 186 valence electrons. The quantitative estimate of drug-likeness (QED) is 0.357. The molecule has 0 radical (unpaired) electrons. The van der Waals surface area contributed by atoms with Gasteiger partial charge in [0.1, 0.15) is 12.2 Å². The molecule has 0 fully saturated rings. The Labute approximate surface area is 210 Å². The Morgan fingerprint density at radius 1 is 1.28 bits per heavy atom. The summed E-state index contributed by atoms with van der Waals surface area (Å²) in [7, 11) is 0. The minimum absolute atomic E-state index is 0.0585. The molecule has 3 rings (SSSR count). The van der Waals surface area contributed by atoms with Crippen molar-refractivity contribution in [2.75, 3.05) is 11.9 Å². The van der Waals surface area contributed by atoms with E-state index in [-0.39, 0.29) is 34.0 Å². The van der Waals surface area contributed by atoms with Crippen LogP contribution < -0.4 is 16.4 Å². The van der Waals surface area contributed by atoms with Gasteiger partial charge in [0.25, 0.3) is 5.91 Å². The summed E-state index contributed by atoms with van der Waals surface area (Å²) in [5.41, 5.74) is 4.37. The van der Waals surface area contributed by atoms with E-state index < -0.39 is 30.0 Å². The molecule has 12 heteroatoms. The second-order valence-electron chi connectivity index (χ2n) is 8.16. The number of pyridine rings is 1. The van der Waals surface area contributed by atoms with Gasteiger partial charge in [0.05, 0.1) is 50.9 Å². The van der Waals surface area contributed by atoms with Crippen molar-refractivity contribution in [3.8, 4) is 6.07 Å². The van der Waals surface area contributed by atoms with Crippen LogP contribution in [0.1, 0.15) is 41.3 Å². The van der Waals surface area contributed by atoms with E-state index in [4.69, 9.17) is 22.6 Å². The highest BCUT2D eigenvalue weighted by atomic mass is 35.5. The highest BCUT2D eigenvalue weighted by molar-refractivity contribution is 6.30. The monoisotopic (exact) mass is 513 g/mol. The number of rotatable bonds is 8. The van der Waals surface area contributed by atoms with Gasteiger partial charge in [0.15, 0.2) is 11.6 Å². The molecule has 0 bridgehead atoms. The summed E-state index contributed by atoms with van der Waals surface area (Å²) in [6, 6.07) is 7.31. The number of anilines is 2. The van der Waals surface area contributed by atoms with Crippen molar-refractivity contribution >= 4 is 34.5 Å². The predicted octanol–water partition coefficient (Wildman–Crippen LogP) is 3.47. The fourth-order valence-corrected chi connectivity index (χ4v) is 3.10. The molecule has 1 aromatic carbocycles. The number of nitrogens with one attached hydrogen (secondary N) is 2. The molecule has 0 aliphatic heterocycles. The van der Waals surface area contributed by atoms with E-state index in [2.05, 4.69) is 25.6 Å². The summed E-state index contributed by atoms with van der Waals surface area (Å²) in [6.07, 6.45) is 3.39. The van der Waals surface area contributed by atoms with Crippen LogP contribution in [-0.4, -0.2) is 44.3 Å². The van der Waals surface area contributed by atoms with Gasteiger partial charge in [0.2, 0.25) is 0 Å². The fourth-order valence-electron chi connectivity index (χ4n) is 3.00. The van der Waals surface area contributed by atoms with Gasteiger partial charge < -0.3 is 21.5 Å². The molecule has 9 nitrogen and oxygen atoms in total. The lowest BCUT2D eigenvalue weighted by atomic mass is 10.0. The smallest absolute Gasteiger partial charge is 0.255 e. The zero-order valence-corrected chi connectivity index (χ0v) is 20.0. The van der Waals surface area contributed by atoms with Crippen LogP contribution in [0.2, 0.25) is 5.02 Å². The number of nitrogens with zero attached hydrogens (tertiary/aromatic N) is 4. The second-order valence-corrected chi connectivity index (χ2v) is 8.59. The molecule has 0 saturated heterocycles. The molecule has 5 N–H and O–H groups in total. The number of aliphatic hydroxyl groups is 1. The second kappa shape index (κ2) is 11.1. The summed E-state index contributed by atoms with van der Waals surface area (Å²) in [6.45, 7) is 2.07. The molecule has 0 spiro atoms. The number of carbonyl (C=O) groups excluding carboxylic acids is 1. The molecule has 2 heterocycles. The number of halogens is 3. The molecular formula is C24H22ClF2N7O2. The molecule has 1 amide bonds. The first-order valence-electron chi connectivity index (χ1n) is 10.6. The van der Waals surface area contributed by atoms with Gasteiger partial charge in [-0.25, -0.2) is 18.7 Å². The number of benzene rings is 1. The normalized spacial score (nSPS) is 12.5. The number of hydrogen-bond acceptors (Lipinski definition) is 8. The number of nitrogens with two attached hydrogens (primary N) is 1. The number of hydrogen-bond donors (Lipinski definition) is 4. The van der Waals surface area contributed by atoms with Crippen molar-refractivity contribution in [1.29, 1.82) is 5.26 Å². The van der Waals surface area contributed by atoms with Crippen LogP contribution in [0.5, 0.6) is 0 Å². The minimum Gasteiger partial charge on any atom is -0.404 e. The van der Waals surface area contributed by atoms with E-state index in [1.807, 2.05) is 0 Å². The van der Waals surface area contributed by atoms with Crippen LogP contribution >= 0.6 is 11.6 Å². The van der Waals surface area contributed by atoms with Gasteiger partial charge in [-0.05, 0) is 32.0 Å². The number of aromatic nitrogens is 3. The van der Waals surface area contributed by atoms with Gasteiger partial charge in [-0.1, -0.05) is 17.7 Å². The predicted molar refractivity (Wildman–Crippen MR) is 130 cm³/mol. The van der Waals surface area contributed by atoms with Gasteiger partial charge in [0, 0.05) is 24.8 Å². The minimum atomic E-state index is -1.75. The van der Waals surface area contributed by atoms with E-state index in [1.54, 1.807) is 6.07 Å². The van der Waals surface area contributed by atoms with Crippen LogP contribution in [0.3, 0.4) is 0 Å². The highest BCUT2D eigenvalue weighted by Gasteiger charge is 2.27. The molecule has 2 aromatic heterocycles. The van der Waals surface area contributed by atoms with Crippen LogP contribution in [-0.2, 0) is 0 Å². The lowest BCUT2D eigenvalue weighted by Gasteiger charge is -2.22. The Morgan fingerprint density at radius 3 is 2.58 bits per heavy atom.